The van der Waals surface area contributed by atoms with E-state index in [2.05, 4.69) is 6.07 Å². The van der Waals surface area contributed by atoms with Crippen LogP contribution in [0.15, 0.2) is 54.6 Å². The summed E-state index contributed by atoms with van der Waals surface area (Å²) >= 11 is 0. The lowest BCUT2D eigenvalue weighted by Gasteiger charge is -2.11. The Morgan fingerprint density at radius 3 is 1.66 bits per heavy atom. The summed E-state index contributed by atoms with van der Waals surface area (Å²) in [5.74, 6) is 1.59. The fourth-order valence-corrected chi connectivity index (χ4v) is 4.60. The molecule has 3 aromatic rings. The number of Topliss-reactive ketones (excluding diaryl/α,β-unsaturated/α-hetero) is 1. The first-order valence-electron chi connectivity index (χ1n) is 8.91. The van der Waals surface area contributed by atoms with Crippen LogP contribution in [0.25, 0.3) is 21.5 Å². The summed E-state index contributed by atoms with van der Waals surface area (Å²) in [5.41, 5.74) is 0.761. The number of halogens is 4. The molecule has 0 fully saturated rings. The lowest BCUT2D eigenvalue weighted by molar-refractivity contribution is 0.102. The van der Waals surface area contributed by atoms with Gasteiger partial charge in [0.15, 0.2) is 5.75 Å². The molecule has 2 N–H and O–H groups in total. The van der Waals surface area contributed by atoms with Crippen LogP contribution in [0.1, 0.15) is 10.4 Å². The average Bonchev–Trinajstić information content (AvgIpc) is 2.65. The van der Waals surface area contributed by atoms with Crippen LogP contribution in [-0.4, -0.2) is 53.7 Å². The van der Waals surface area contributed by atoms with E-state index in [0.717, 1.165) is 27.1 Å². The molecule has 29 heavy (non-hydrogen) atoms. The molecule has 3 aromatic carbocycles. The molecule has 0 saturated heterocycles. The summed E-state index contributed by atoms with van der Waals surface area (Å²) in [6.07, 6.45) is 0. The van der Waals surface area contributed by atoms with E-state index in [1.165, 1.54) is 0 Å². The molecule has 0 bridgehead atoms. The molecule has 0 aliphatic rings. The van der Waals surface area contributed by atoms with Crippen molar-refractivity contribution >= 4 is 45.5 Å². The number of ketones is 1. The monoisotopic (exact) mass is 428 g/mol. The highest BCUT2D eigenvalue weighted by molar-refractivity contribution is 7.97. The van der Waals surface area contributed by atoms with Crippen molar-refractivity contribution in [3.8, 4) is 0 Å². The molecule has 3 rings (SSSR count). The second-order valence-electron chi connectivity index (χ2n) is 6.22. The number of aliphatic hydroxyl groups is 2. The first-order chi connectivity index (χ1) is 13.7. The number of fused-ring (bicyclic) bond motifs is 2. The van der Waals surface area contributed by atoms with Crippen LogP contribution >= 0.6 is 0 Å². The van der Waals surface area contributed by atoms with E-state index in [0.29, 0.717) is 17.3 Å². The van der Waals surface area contributed by atoms with Crippen LogP contribution in [0.5, 0.6) is 0 Å². The van der Waals surface area contributed by atoms with Crippen molar-refractivity contribution < 1.29 is 32.3 Å². The van der Waals surface area contributed by atoms with E-state index in [1.807, 2.05) is 48.5 Å². The van der Waals surface area contributed by atoms with Crippen molar-refractivity contribution in [2.24, 2.45) is 0 Å². The van der Waals surface area contributed by atoms with Crippen molar-refractivity contribution in [3.63, 3.8) is 0 Å². The maximum atomic E-state index is 13.1. The molecule has 0 heterocycles. The first-order valence-corrected chi connectivity index (χ1v) is 10.6. The van der Waals surface area contributed by atoms with Gasteiger partial charge >= 0.3 is 7.25 Å². The van der Waals surface area contributed by atoms with Gasteiger partial charge < -0.3 is 27.5 Å². The Labute approximate surface area is 168 Å². The Hall–Kier alpha value is -2.10. The van der Waals surface area contributed by atoms with Gasteiger partial charge in [-0.05, 0) is 27.6 Å². The Kier molecular flexibility index (Phi) is 8.49. The van der Waals surface area contributed by atoms with Gasteiger partial charge in [0.25, 0.3) is 0 Å². The number of carbonyl (C=O) groups excluding carboxylic acids is 1. The van der Waals surface area contributed by atoms with Crippen LogP contribution in [0, 0.1) is 0 Å². The molecular weight excluding hydrogens is 407 g/mol. The van der Waals surface area contributed by atoms with Crippen molar-refractivity contribution in [1.82, 2.24) is 0 Å². The zero-order chi connectivity index (χ0) is 21.4. The molecule has 156 valence electrons. The second kappa shape index (κ2) is 10.6. The molecule has 0 atom stereocenters. The standard InChI is InChI=1S/C20H21O3S.BF4/c21-9-11-24(12-10-22)14-19(23)20-17-7-3-1-5-15(17)13-16-6-2-4-8-18(16)20;2-1(3,4)5/h1-8,13,21-22H,9-12,14H2;/q+1;-1. The minimum Gasteiger partial charge on any atom is -0.418 e. The number of hydrogen-bond acceptors (Lipinski definition) is 3. The van der Waals surface area contributed by atoms with Gasteiger partial charge in [0.1, 0.15) is 11.5 Å². The lowest BCUT2D eigenvalue weighted by Crippen LogP contribution is -2.26. The Morgan fingerprint density at radius 2 is 1.24 bits per heavy atom. The van der Waals surface area contributed by atoms with Crippen molar-refractivity contribution in [3.05, 3.63) is 60.2 Å². The molecule has 0 aromatic heterocycles. The topological polar surface area (TPSA) is 57.5 Å². The van der Waals surface area contributed by atoms with Gasteiger partial charge in [0.05, 0.1) is 13.2 Å². The number of aliphatic hydroxyl groups excluding tert-OH is 2. The van der Waals surface area contributed by atoms with Crippen molar-refractivity contribution in [2.75, 3.05) is 30.5 Å². The highest BCUT2D eigenvalue weighted by Crippen LogP contribution is 2.29. The molecule has 0 spiro atoms. The molecule has 0 aliphatic heterocycles. The lowest BCUT2D eigenvalue weighted by atomic mass is 9.95. The highest BCUT2D eigenvalue weighted by atomic mass is 32.2. The summed E-state index contributed by atoms with van der Waals surface area (Å²) in [6, 6.07) is 18.0. The maximum absolute atomic E-state index is 13.1. The fourth-order valence-electron chi connectivity index (χ4n) is 3.08. The van der Waals surface area contributed by atoms with Gasteiger partial charge in [-0.15, -0.1) is 0 Å². The number of hydrogen-bond donors (Lipinski definition) is 2. The predicted molar refractivity (Wildman–Crippen MR) is 112 cm³/mol. The molecule has 0 amide bonds. The molecular formula is C20H21BF4O3S. The largest absolute Gasteiger partial charge is 0.673 e. The normalized spacial score (nSPS) is 11.6. The van der Waals surface area contributed by atoms with E-state index in [-0.39, 0.29) is 29.9 Å². The van der Waals surface area contributed by atoms with E-state index < -0.39 is 7.25 Å². The third-order valence-corrected chi connectivity index (χ3v) is 6.34. The molecule has 0 radical (unpaired) electrons. The van der Waals surface area contributed by atoms with Gasteiger partial charge in [0.2, 0.25) is 5.78 Å². The van der Waals surface area contributed by atoms with Crippen LogP contribution in [0.4, 0.5) is 17.3 Å². The second-order valence-corrected chi connectivity index (χ2v) is 8.55. The molecule has 0 aliphatic carbocycles. The first kappa shape index (κ1) is 23.2. The number of carbonyl (C=O) groups is 1. The van der Waals surface area contributed by atoms with Crippen LogP contribution < -0.4 is 0 Å². The summed E-state index contributed by atoms with van der Waals surface area (Å²) < 4.78 is 39.0. The number of rotatable bonds is 7. The summed E-state index contributed by atoms with van der Waals surface area (Å²) in [4.78, 5) is 13.1. The van der Waals surface area contributed by atoms with Crippen molar-refractivity contribution in [2.45, 2.75) is 0 Å². The summed E-state index contributed by atoms with van der Waals surface area (Å²) in [7, 11) is -6.29. The smallest absolute Gasteiger partial charge is 0.418 e. The Morgan fingerprint density at radius 1 is 0.828 bits per heavy atom. The molecule has 9 heteroatoms. The number of benzene rings is 3. The Balaban J connectivity index is 0.000000537. The van der Waals surface area contributed by atoms with Crippen LogP contribution in [-0.2, 0) is 10.9 Å². The maximum Gasteiger partial charge on any atom is 0.673 e. The fraction of sp³-hybridized carbons (Fsp3) is 0.250. The van der Waals surface area contributed by atoms with Crippen LogP contribution in [0.2, 0.25) is 0 Å². The SMILES string of the molecule is F[B-](F)(F)F.O=C(C[S+](CCO)CCO)c1c2ccccc2cc2ccccc12. The van der Waals surface area contributed by atoms with E-state index >= 15 is 0 Å². The molecule has 0 saturated carbocycles. The zero-order valence-electron chi connectivity index (χ0n) is 15.5. The summed E-state index contributed by atoms with van der Waals surface area (Å²) in [5, 5.41) is 22.5. The minimum atomic E-state index is -6.00. The Bertz CT molecular complexity index is 899. The van der Waals surface area contributed by atoms with Gasteiger partial charge in [0, 0.05) is 16.5 Å². The highest BCUT2D eigenvalue weighted by Gasteiger charge is 2.25. The quantitative estimate of drug-likeness (QED) is 0.196. The summed E-state index contributed by atoms with van der Waals surface area (Å²) in [6.45, 7) is 0.0966. The van der Waals surface area contributed by atoms with E-state index in [9.17, 15) is 32.3 Å². The van der Waals surface area contributed by atoms with E-state index in [1.54, 1.807) is 0 Å². The minimum absolute atomic E-state index is 0.0483. The molecule has 0 unspecified atom stereocenters. The third-order valence-electron chi connectivity index (χ3n) is 4.15. The molecule has 3 nitrogen and oxygen atoms in total. The van der Waals surface area contributed by atoms with Gasteiger partial charge in [-0.25, -0.2) is 0 Å². The van der Waals surface area contributed by atoms with Gasteiger partial charge in [-0.1, -0.05) is 48.5 Å². The van der Waals surface area contributed by atoms with Crippen LogP contribution in [0.3, 0.4) is 0 Å². The van der Waals surface area contributed by atoms with E-state index in [4.69, 9.17) is 0 Å². The third kappa shape index (κ3) is 7.02. The zero-order valence-corrected chi connectivity index (χ0v) is 16.3. The average molecular weight is 428 g/mol. The van der Waals surface area contributed by atoms with Gasteiger partial charge in [-0.3, -0.25) is 4.79 Å². The predicted octanol–water partition coefficient (Wildman–Crippen LogP) is 4.08. The van der Waals surface area contributed by atoms with Crippen molar-refractivity contribution in [1.29, 1.82) is 0 Å². The van der Waals surface area contributed by atoms with Gasteiger partial charge in [-0.2, -0.15) is 0 Å².